The van der Waals surface area contributed by atoms with E-state index in [9.17, 15) is 22.8 Å². The van der Waals surface area contributed by atoms with E-state index < -0.39 is 24.7 Å². The number of aliphatic carboxylic acids is 2. The van der Waals surface area contributed by atoms with Gasteiger partial charge in [0.2, 0.25) is 0 Å². The Morgan fingerprint density at radius 3 is 2.41 bits per heavy atom. The summed E-state index contributed by atoms with van der Waals surface area (Å²) in [5.41, 5.74) is 5.35. The van der Waals surface area contributed by atoms with Crippen LogP contribution in [0.4, 0.5) is 19.0 Å². The fourth-order valence-corrected chi connectivity index (χ4v) is 1.56. The van der Waals surface area contributed by atoms with Crippen molar-refractivity contribution in [2.24, 2.45) is 10.7 Å². The Balaban J connectivity index is 0.000000828. The number of unbranched alkanes of at least 4 members (excludes halogenated alkanes) is 2. The number of alkyl halides is 3. The zero-order chi connectivity index (χ0) is 22.3. The van der Waals surface area contributed by atoms with Gasteiger partial charge in [0, 0.05) is 31.2 Å². The number of nitrogens with two attached hydrogens (primary N) is 1. The number of nitrogens with one attached hydrogen (secondary N) is 1. The van der Waals surface area contributed by atoms with E-state index in [1.807, 2.05) is 6.07 Å². The van der Waals surface area contributed by atoms with E-state index in [1.165, 1.54) is 12.3 Å². The number of carboxylic acid groups (broad SMARTS) is 2. The molecule has 1 aromatic rings. The molecule has 0 aliphatic carbocycles. The molecule has 0 atom stereocenters. The molecule has 13 heteroatoms. The van der Waals surface area contributed by atoms with Crippen molar-refractivity contribution in [1.82, 2.24) is 9.97 Å². The van der Waals surface area contributed by atoms with E-state index in [0.29, 0.717) is 30.8 Å². The van der Waals surface area contributed by atoms with Gasteiger partial charge in [-0.25, -0.2) is 24.5 Å². The summed E-state index contributed by atoms with van der Waals surface area (Å²) in [7, 11) is 0. The number of carboxylic acids is 2. The summed E-state index contributed by atoms with van der Waals surface area (Å²) in [5.74, 6) is -2.06. The van der Waals surface area contributed by atoms with Gasteiger partial charge in [-0.05, 0) is 18.9 Å². The number of anilines is 1. The number of halogens is 3. The van der Waals surface area contributed by atoms with E-state index in [0.717, 1.165) is 12.8 Å². The van der Waals surface area contributed by atoms with Crippen LogP contribution < -0.4 is 11.1 Å². The summed E-state index contributed by atoms with van der Waals surface area (Å²) < 4.78 is 35.9. The van der Waals surface area contributed by atoms with Crippen LogP contribution in [0.2, 0.25) is 0 Å². The molecule has 0 aliphatic rings. The summed E-state index contributed by atoms with van der Waals surface area (Å²) in [5, 5.41) is 26.5. The summed E-state index contributed by atoms with van der Waals surface area (Å²) in [4.78, 5) is 30.4. The Bertz CT molecular complexity index is 759. The number of hydrogen-bond donors (Lipinski definition) is 4. The first-order valence-corrected chi connectivity index (χ1v) is 8.00. The number of nitriles is 1. The van der Waals surface area contributed by atoms with Crippen LogP contribution in [0.25, 0.3) is 0 Å². The zero-order valence-electron chi connectivity index (χ0n) is 15.1. The third-order valence-corrected chi connectivity index (χ3v) is 2.70. The molecule has 1 aromatic heterocycles. The largest absolute Gasteiger partial charge is 0.478 e. The second-order valence-electron chi connectivity index (χ2n) is 5.17. The lowest BCUT2D eigenvalue weighted by Crippen LogP contribution is -2.26. The van der Waals surface area contributed by atoms with Gasteiger partial charge in [0.15, 0.2) is 5.96 Å². The van der Waals surface area contributed by atoms with E-state index >= 15 is 0 Å². The number of hydrogen-bond acceptors (Lipinski definition) is 6. The molecular weight excluding hydrogens is 397 g/mol. The fraction of sp³-hybridized carbons (Fsp3) is 0.375. The predicted octanol–water partition coefficient (Wildman–Crippen LogP) is 1.71. The van der Waals surface area contributed by atoms with Gasteiger partial charge in [-0.15, -0.1) is 0 Å². The maximum Gasteiger partial charge on any atom is 0.408 e. The van der Waals surface area contributed by atoms with Crippen LogP contribution in [0, 0.1) is 11.3 Å². The Hall–Kier alpha value is -3.69. The van der Waals surface area contributed by atoms with Gasteiger partial charge in [0.05, 0.1) is 6.07 Å². The third-order valence-electron chi connectivity index (χ3n) is 2.70. The molecule has 0 radical (unpaired) electrons. The molecule has 1 heterocycles. The molecule has 0 fully saturated rings. The molecular formula is C16H19F3N6O4. The minimum atomic E-state index is -4.40. The highest BCUT2D eigenvalue weighted by atomic mass is 19.4. The Morgan fingerprint density at radius 1 is 1.28 bits per heavy atom. The minimum Gasteiger partial charge on any atom is -0.478 e. The lowest BCUT2D eigenvalue weighted by molar-refractivity contribution is -0.134. The SMILES string of the molecule is N#CCCCCc1nccc(NC(N)=NCC(F)(F)F)n1.O=C(O)C=CC(=O)O. The molecule has 1 rings (SSSR count). The molecule has 29 heavy (non-hydrogen) atoms. The highest BCUT2D eigenvalue weighted by molar-refractivity contribution is 5.91. The number of rotatable bonds is 8. The van der Waals surface area contributed by atoms with Gasteiger partial charge in [-0.1, -0.05) is 0 Å². The summed E-state index contributed by atoms with van der Waals surface area (Å²) >= 11 is 0. The zero-order valence-corrected chi connectivity index (χ0v) is 15.1. The molecule has 5 N–H and O–H groups in total. The average Bonchev–Trinajstić information content (AvgIpc) is 2.62. The van der Waals surface area contributed by atoms with Crippen LogP contribution in [0.15, 0.2) is 29.4 Å². The maximum atomic E-state index is 12.0. The van der Waals surface area contributed by atoms with Crippen LogP contribution in [-0.2, 0) is 16.0 Å². The van der Waals surface area contributed by atoms with Crippen molar-refractivity contribution in [3.05, 3.63) is 30.2 Å². The van der Waals surface area contributed by atoms with E-state index in [-0.39, 0.29) is 11.8 Å². The first-order valence-electron chi connectivity index (χ1n) is 8.00. The molecule has 10 nitrogen and oxygen atoms in total. The molecule has 0 saturated heterocycles. The van der Waals surface area contributed by atoms with Crippen LogP contribution in [-0.4, -0.2) is 50.8 Å². The lowest BCUT2D eigenvalue weighted by Gasteiger charge is -2.07. The van der Waals surface area contributed by atoms with Crippen molar-refractivity contribution < 1.29 is 33.0 Å². The normalized spacial score (nSPS) is 11.3. The van der Waals surface area contributed by atoms with Gasteiger partial charge in [-0.3, -0.25) is 0 Å². The highest BCUT2D eigenvalue weighted by Gasteiger charge is 2.26. The quantitative estimate of drug-likeness (QED) is 0.213. The Labute approximate surface area is 163 Å². The topological polar surface area (TPSA) is 175 Å². The van der Waals surface area contributed by atoms with Crippen LogP contribution in [0.5, 0.6) is 0 Å². The van der Waals surface area contributed by atoms with E-state index in [1.54, 1.807) is 0 Å². The Morgan fingerprint density at radius 2 is 1.90 bits per heavy atom. The summed E-state index contributed by atoms with van der Waals surface area (Å²) in [6.45, 7) is -1.35. The second-order valence-corrected chi connectivity index (χ2v) is 5.17. The number of nitrogens with zero attached hydrogens (tertiary/aromatic N) is 4. The molecule has 0 bridgehead atoms. The molecule has 0 spiro atoms. The molecule has 0 aromatic carbocycles. The van der Waals surface area contributed by atoms with Crippen LogP contribution in [0.1, 0.15) is 25.1 Å². The number of aliphatic imine (C=N–C) groups is 1. The monoisotopic (exact) mass is 416 g/mol. The van der Waals surface area contributed by atoms with Crippen LogP contribution in [0.3, 0.4) is 0 Å². The van der Waals surface area contributed by atoms with Gasteiger partial charge >= 0.3 is 18.1 Å². The minimum absolute atomic E-state index is 0.281. The summed E-state index contributed by atoms with van der Waals surface area (Å²) in [6.07, 6.45) is 0.744. The lowest BCUT2D eigenvalue weighted by atomic mass is 10.2. The molecule has 0 amide bonds. The first-order chi connectivity index (χ1) is 13.5. The van der Waals surface area contributed by atoms with E-state index in [4.69, 9.17) is 21.2 Å². The van der Waals surface area contributed by atoms with Gasteiger partial charge < -0.3 is 21.3 Å². The number of aryl methyl sites for hydroxylation is 1. The number of guanidine groups is 1. The van der Waals surface area contributed by atoms with E-state index in [2.05, 4.69) is 20.3 Å². The number of aromatic nitrogens is 2. The highest BCUT2D eigenvalue weighted by Crippen LogP contribution is 2.14. The molecule has 0 saturated carbocycles. The predicted molar refractivity (Wildman–Crippen MR) is 95.8 cm³/mol. The second kappa shape index (κ2) is 13.5. The third kappa shape index (κ3) is 16.2. The smallest absolute Gasteiger partial charge is 0.408 e. The van der Waals surface area contributed by atoms with Crippen molar-refractivity contribution in [2.45, 2.75) is 31.9 Å². The number of carbonyl (C=O) groups is 2. The van der Waals surface area contributed by atoms with Crippen molar-refractivity contribution in [2.75, 3.05) is 11.9 Å². The average molecular weight is 416 g/mol. The van der Waals surface area contributed by atoms with Gasteiger partial charge in [0.25, 0.3) is 0 Å². The van der Waals surface area contributed by atoms with Crippen molar-refractivity contribution in [3.63, 3.8) is 0 Å². The standard InChI is InChI=1S/C12H15F3N6.C4H4O4/c13-12(14,15)8-19-11(17)21-10-5-7-18-9(20-10)4-2-1-3-6-16;5-3(6)1-2-4(7)8/h5,7H,1-4,8H2,(H3,17,18,19,20,21);1-2H,(H,5,6)(H,7,8). The molecule has 0 aliphatic heterocycles. The Kier molecular flexibility index (Phi) is 11.8. The fourth-order valence-electron chi connectivity index (χ4n) is 1.56. The van der Waals surface area contributed by atoms with Crippen LogP contribution >= 0.6 is 0 Å². The summed E-state index contributed by atoms with van der Waals surface area (Å²) in [6, 6.07) is 3.52. The van der Waals surface area contributed by atoms with Gasteiger partial charge in [0.1, 0.15) is 18.2 Å². The molecule has 0 unspecified atom stereocenters. The maximum absolute atomic E-state index is 12.0. The van der Waals surface area contributed by atoms with Crippen molar-refractivity contribution >= 4 is 23.7 Å². The van der Waals surface area contributed by atoms with Gasteiger partial charge in [-0.2, -0.15) is 18.4 Å². The van der Waals surface area contributed by atoms with Crippen molar-refractivity contribution in [3.8, 4) is 6.07 Å². The van der Waals surface area contributed by atoms with Crippen molar-refractivity contribution in [1.29, 1.82) is 5.26 Å². The first kappa shape index (κ1) is 25.3. The molecule has 158 valence electrons.